The molecule has 5 heteroatoms. The van der Waals surface area contributed by atoms with Crippen molar-refractivity contribution in [3.63, 3.8) is 0 Å². The number of nitrogens with one attached hydrogen (secondary N) is 1. The lowest BCUT2D eigenvalue weighted by molar-refractivity contribution is 0.413. The molecule has 1 aliphatic rings. The van der Waals surface area contributed by atoms with E-state index in [-0.39, 0.29) is 6.04 Å². The highest BCUT2D eigenvalue weighted by Crippen LogP contribution is 2.35. The number of fused-ring (bicyclic) bond motifs is 2. The van der Waals surface area contributed by atoms with Crippen LogP contribution in [0, 0.1) is 0 Å². The van der Waals surface area contributed by atoms with Crippen molar-refractivity contribution in [3.05, 3.63) is 54.0 Å². The average Bonchev–Trinajstić information content (AvgIpc) is 2.62. The van der Waals surface area contributed by atoms with Crippen LogP contribution in [0.3, 0.4) is 0 Å². The van der Waals surface area contributed by atoms with Crippen LogP contribution < -0.4 is 10.1 Å². The maximum atomic E-state index is 5.38. The zero-order valence-electron chi connectivity index (χ0n) is 13.0. The first-order valence-electron chi connectivity index (χ1n) is 7.84. The molecule has 0 saturated heterocycles. The van der Waals surface area contributed by atoms with Gasteiger partial charge in [-0.3, -0.25) is 4.98 Å². The Bertz CT molecular complexity index is 844. The molecule has 0 radical (unpaired) electrons. The van der Waals surface area contributed by atoms with Gasteiger partial charge in [-0.2, -0.15) is 0 Å². The Hall–Kier alpha value is -2.69. The second kappa shape index (κ2) is 5.83. The van der Waals surface area contributed by atoms with E-state index in [9.17, 15) is 0 Å². The molecule has 2 aromatic heterocycles. The highest BCUT2D eigenvalue weighted by Gasteiger charge is 2.22. The Balaban J connectivity index is 1.72. The van der Waals surface area contributed by atoms with E-state index in [2.05, 4.69) is 32.4 Å². The van der Waals surface area contributed by atoms with Crippen molar-refractivity contribution >= 4 is 16.9 Å². The number of rotatable bonds is 3. The van der Waals surface area contributed by atoms with Crippen LogP contribution in [0.25, 0.3) is 11.0 Å². The maximum Gasteiger partial charge on any atom is 0.154 e. The summed E-state index contributed by atoms with van der Waals surface area (Å²) in [5.41, 5.74) is 4.33. The van der Waals surface area contributed by atoms with Gasteiger partial charge in [-0.25, -0.2) is 9.97 Å². The van der Waals surface area contributed by atoms with Gasteiger partial charge in [-0.15, -0.1) is 0 Å². The van der Waals surface area contributed by atoms with Crippen LogP contribution in [0.4, 0.5) is 5.82 Å². The minimum Gasteiger partial charge on any atom is -0.497 e. The van der Waals surface area contributed by atoms with Gasteiger partial charge in [0.1, 0.15) is 11.3 Å². The molecule has 0 aliphatic heterocycles. The minimum atomic E-state index is 0.217. The molecule has 0 amide bonds. The first-order valence-corrected chi connectivity index (χ1v) is 7.84. The predicted molar refractivity (Wildman–Crippen MR) is 89.6 cm³/mol. The molecule has 23 heavy (non-hydrogen) atoms. The van der Waals surface area contributed by atoms with Crippen LogP contribution in [-0.4, -0.2) is 22.1 Å². The molecule has 116 valence electrons. The van der Waals surface area contributed by atoms with Crippen molar-refractivity contribution < 1.29 is 4.74 Å². The van der Waals surface area contributed by atoms with Gasteiger partial charge in [0, 0.05) is 18.6 Å². The molecule has 1 unspecified atom stereocenters. The quantitative estimate of drug-likeness (QED) is 0.802. The Morgan fingerprint density at radius 3 is 2.91 bits per heavy atom. The Morgan fingerprint density at radius 1 is 1.09 bits per heavy atom. The van der Waals surface area contributed by atoms with Gasteiger partial charge in [0.05, 0.1) is 18.7 Å². The zero-order chi connectivity index (χ0) is 15.6. The fourth-order valence-electron chi connectivity index (χ4n) is 3.22. The molecule has 0 spiro atoms. The Morgan fingerprint density at radius 2 is 2.00 bits per heavy atom. The largest absolute Gasteiger partial charge is 0.497 e. The third kappa shape index (κ3) is 2.59. The van der Waals surface area contributed by atoms with Crippen molar-refractivity contribution in [3.8, 4) is 5.75 Å². The molecule has 1 aromatic carbocycles. The van der Waals surface area contributed by atoms with Crippen LogP contribution in [0.5, 0.6) is 5.75 Å². The molecule has 3 aromatic rings. The first-order chi connectivity index (χ1) is 11.3. The highest BCUT2D eigenvalue weighted by molar-refractivity contribution is 5.84. The number of benzene rings is 1. The van der Waals surface area contributed by atoms with Gasteiger partial charge in [-0.05, 0) is 48.6 Å². The summed E-state index contributed by atoms with van der Waals surface area (Å²) in [5, 5.41) is 3.56. The molecule has 2 heterocycles. The van der Waals surface area contributed by atoms with Gasteiger partial charge in [0.15, 0.2) is 5.82 Å². The van der Waals surface area contributed by atoms with Crippen LogP contribution >= 0.6 is 0 Å². The summed E-state index contributed by atoms with van der Waals surface area (Å²) in [5.74, 6) is 1.68. The van der Waals surface area contributed by atoms with Gasteiger partial charge in [0.25, 0.3) is 0 Å². The molecule has 0 bridgehead atoms. The fourth-order valence-corrected chi connectivity index (χ4v) is 3.22. The lowest BCUT2D eigenvalue weighted by Crippen LogP contribution is -2.18. The van der Waals surface area contributed by atoms with E-state index >= 15 is 0 Å². The third-order valence-electron chi connectivity index (χ3n) is 4.37. The number of pyridine rings is 1. The number of anilines is 1. The second-order valence-electron chi connectivity index (χ2n) is 5.74. The Kier molecular flexibility index (Phi) is 3.54. The molecule has 5 nitrogen and oxygen atoms in total. The van der Waals surface area contributed by atoms with E-state index in [1.807, 2.05) is 12.1 Å². The van der Waals surface area contributed by atoms with Gasteiger partial charge >= 0.3 is 0 Å². The minimum absolute atomic E-state index is 0.217. The number of ether oxygens (including phenoxy) is 1. The van der Waals surface area contributed by atoms with Gasteiger partial charge < -0.3 is 10.1 Å². The van der Waals surface area contributed by atoms with Crippen LogP contribution in [-0.2, 0) is 6.42 Å². The van der Waals surface area contributed by atoms with E-state index in [0.717, 1.165) is 41.9 Å². The molecular weight excluding hydrogens is 288 g/mol. The molecule has 1 N–H and O–H groups in total. The highest BCUT2D eigenvalue weighted by atomic mass is 16.5. The molecule has 4 rings (SSSR count). The normalized spacial score (nSPS) is 16.8. The number of hydrogen-bond donors (Lipinski definition) is 1. The van der Waals surface area contributed by atoms with Crippen molar-refractivity contribution in [2.75, 3.05) is 12.4 Å². The van der Waals surface area contributed by atoms with E-state index in [1.165, 1.54) is 11.1 Å². The summed E-state index contributed by atoms with van der Waals surface area (Å²) in [6.45, 7) is 0. The Labute approximate surface area is 134 Å². The van der Waals surface area contributed by atoms with Crippen LogP contribution in [0.2, 0.25) is 0 Å². The average molecular weight is 306 g/mol. The number of nitrogens with zero attached hydrogens (tertiary/aromatic N) is 3. The maximum absolute atomic E-state index is 5.38. The van der Waals surface area contributed by atoms with E-state index < -0.39 is 0 Å². The number of aromatic nitrogens is 3. The number of methoxy groups -OCH3 is 1. The standard InChI is InChI=1S/C18H18N4O/c1-23-13-6-5-12-3-2-4-15(14(12)11-13)22-18-17-16(7-8-21-18)19-9-10-20-17/h5-11,15H,2-4H2,1H3,(H,21,22). The summed E-state index contributed by atoms with van der Waals surface area (Å²) in [7, 11) is 1.70. The number of aryl methyl sites for hydroxylation is 1. The van der Waals surface area contributed by atoms with E-state index in [1.54, 1.807) is 25.7 Å². The lowest BCUT2D eigenvalue weighted by Gasteiger charge is -2.27. The smallest absolute Gasteiger partial charge is 0.154 e. The summed E-state index contributed by atoms with van der Waals surface area (Å²) >= 11 is 0. The topological polar surface area (TPSA) is 59.9 Å². The van der Waals surface area contributed by atoms with Gasteiger partial charge in [0.2, 0.25) is 0 Å². The van der Waals surface area contributed by atoms with Crippen molar-refractivity contribution in [2.45, 2.75) is 25.3 Å². The summed E-state index contributed by atoms with van der Waals surface area (Å²) in [6.07, 6.45) is 8.51. The fraction of sp³-hybridized carbons (Fsp3) is 0.278. The summed E-state index contributed by atoms with van der Waals surface area (Å²) < 4.78 is 5.38. The monoisotopic (exact) mass is 306 g/mol. The second-order valence-corrected chi connectivity index (χ2v) is 5.74. The van der Waals surface area contributed by atoms with Crippen LogP contribution in [0.15, 0.2) is 42.9 Å². The summed E-state index contributed by atoms with van der Waals surface area (Å²) in [4.78, 5) is 13.2. The molecule has 1 atom stereocenters. The van der Waals surface area contributed by atoms with Crippen LogP contribution in [0.1, 0.15) is 30.0 Å². The molecular formula is C18H18N4O. The first kappa shape index (κ1) is 13.9. The molecule has 0 saturated carbocycles. The summed E-state index contributed by atoms with van der Waals surface area (Å²) in [6, 6.07) is 8.42. The lowest BCUT2D eigenvalue weighted by atomic mass is 9.87. The van der Waals surface area contributed by atoms with Crippen molar-refractivity contribution in [2.24, 2.45) is 0 Å². The zero-order valence-corrected chi connectivity index (χ0v) is 13.0. The van der Waals surface area contributed by atoms with E-state index in [0.29, 0.717) is 0 Å². The third-order valence-corrected chi connectivity index (χ3v) is 4.37. The van der Waals surface area contributed by atoms with Crippen molar-refractivity contribution in [1.29, 1.82) is 0 Å². The van der Waals surface area contributed by atoms with E-state index in [4.69, 9.17) is 4.74 Å². The predicted octanol–water partition coefficient (Wildman–Crippen LogP) is 3.52. The molecule has 0 fully saturated rings. The number of hydrogen-bond acceptors (Lipinski definition) is 5. The van der Waals surface area contributed by atoms with Crippen molar-refractivity contribution in [1.82, 2.24) is 15.0 Å². The van der Waals surface area contributed by atoms with Gasteiger partial charge in [-0.1, -0.05) is 6.07 Å². The SMILES string of the molecule is COc1ccc2c(c1)C(Nc1nccc3nccnc13)CCC2. The molecule has 1 aliphatic carbocycles.